The highest BCUT2D eigenvalue weighted by atomic mass is 32.2. The normalized spacial score (nSPS) is 18.5. The summed E-state index contributed by atoms with van der Waals surface area (Å²) in [6, 6.07) is 12.4. The molecule has 0 radical (unpaired) electrons. The van der Waals surface area contributed by atoms with Gasteiger partial charge in [-0.05, 0) is 92.4 Å². The Labute approximate surface area is 364 Å². The summed E-state index contributed by atoms with van der Waals surface area (Å²) < 4.78 is 111. The molecule has 15 nitrogen and oxygen atoms in total. The number of rotatable bonds is 12. The first-order chi connectivity index (χ1) is 30.3. The van der Waals surface area contributed by atoms with Crippen LogP contribution in [-0.4, -0.2) is 111 Å². The summed E-state index contributed by atoms with van der Waals surface area (Å²) in [7, 11) is -2.02. The van der Waals surface area contributed by atoms with Crippen LogP contribution in [0.25, 0.3) is 22.2 Å². The summed E-state index contributed by atoms with van der Waals surface area (Å²) in [6.45, 7) is 3.88. The van der Waals surface area contributed by atoms with Crippen LogP contribution in [0.5, 0.6) is 0 Å². The lowest BCUT2D eigenvalue weighted by Crippen LogP contribution is -2.49. The Bertz CT molecular complexity index is 2640. The number of likely N-dealkylation sites (tertiary alicyclic amines) is 1. The molecule has 0 aliphatic carbocycles. The Morgan fingerprint density at radius 2 is 1.69 bits per heavy atom. The molecule has 3 aliphatic heterocycles. The van der Waals surface area contributed by atoms with Crippen molar-refractivity contribution in [2.24, 2.45) is 13.0 Å². The van der Waals surface area contributed by atoms with Crippen LogP contribution < -0.4 is 15.5 Å². The minimum absolute atomic E-state index is 0.131. The maximum atomic E-state index is 13.8. The number of carbonyl (C=O) groups is 2. The second-order valence-corrected chi connectivity index (χ2v) is 18.8. The van der Waals surface area contributed by atoms with Crippen LogP contribution in [0.2, 0.25) is 0 Å². The van der Waals surface area contributed by atoms with E-state index >= 15 is 0 Å². The van der Waals surface area contributed by atoms with Crippen LogP contribution in [0.15, 0.2) is 66.0 Å². The van der Waals surface area contributed by atoms with Gasteiger partial charge >= 0.3 is 18.4 Å². The number of fused-ring (bicyclic) bond motifs is 1. The molecule has 3 fully saturated rings. The van der Waals surface area contributed by atoms with Crippen molar-refractivity contribution in [3.8, 4) is 11.3 Å². The number of hydrogen-bond acceptors (Lipinski definition) is 10. The summed E-state index contributed by atoms with van der Waals surface area (Å²) in [6.07, 6.45) is -3.78. The third kappa shape index (κ3) is 10.0. The van der Waals surface area contributed by atoms with Gasteiger partial charge in [0.2, 0.25) is 21.9 Å². The lowest BCUT2D eigenvalue weighted by molar-refractivity contribution is -0.142. The number of imide groups is 1. The van der Waals surface area contributed by atoms with E-state index < -0.39 is 46.2 Å². The quantitative estimate of drug-likeness (QED) is 0.131. The standard InChI is InChI=1S/C42H47F6N11O4S/c1-26(23-56-13-8-28(9-14-56)29-6-7-33-35(20-29)55(2)54-38(33)59-17-12-36(60)52-40(59)61)18-27-4-3-5-32(19-27)64(62,63)58-15-10-31(11-16-58)51-39-49-22-34(42(46,47)48)37(53-39)30-21-50-57(24-30)25-41(43,44)45/h3-7,19-22,24,26,28,31H,8-18,23,25H2,1-2H3,(H,49,51,53)(H,52,60,61). The molecule has 0 spiro atoms. The SMILES string of the molecule is CC(Cc1cccc(S(=O)(=O)N2CCC(Nc3ncc(C(F)(F)F)c(-c4cnn(CC(F)(F)F)c4)n3)CC2)c1)CN1CCC(c2ccc3c(N4CCC(=O)NC4=O)nn(C)c3c2)CC1. The number of piperidine rings is 2. The number of alkyl halides is 6. The van der Waals surface area contributed by atoms with Crippen molar-refractivity contribution in [2.75, 3.05) is 49.5 Å². The topological polar surface area (TPSA) is 163 Å². The first-order valence-electron chi connectivity index (χ1n) is 21.0. The van der Waals surface area contributed by atoms with Crippen molar-refractivity contribution in [1.82, 2.24) is 44.1 Å². The highest BCUT2D eigenvalue weighted by Gasteiger charge is 2.37. The summed E-state index contributed by atoms with van der Waals surface area (Å²) in [5.74, 6) is 0.663. The Kier molecular flexibility index (Phi) is 12.5. The van der Waals surface area contributed by atoms with Crippen LogP contribution in [0.1, 0.15) is 61.6 Å². The highest BCUT2D eigenvalue weighted by molar-refractivity contribution is 7.89. The number of amides is 3. The molecule has 2 aromatic carbocycles. The van der Waals surface area contributed by atoms with Crippen LogP contribution in [0, 0.1) is 5.92 Å². The number of nitrogens with one attached hydrogen (secondary N) is 2. The lowest BCUT2D eigenvalue weighted by Gasteiger charge is -2.34. The molecular weight excluding hydrogens is 869 g/mol. The molecular formula is C42H47F6N11O4S. The number of anilines is 2. The minimum atomic E-state index is -4.89. The maximum absolute atomic E-state index is 13.8. The molecule has 8 rings (SSSR count). The number of hydrogen-bond donors (Lipinski definition) is 2. The van der Waals surface area contributed by atoms with Gasteiger partial charge in [-0.25, -0.2) is 23.2 Å². The fourth-order valence-electron chi connectivity index (χ4n) is 8.87. The molecule has 3 saturated heterocycles. The van der Waals surface area contributed by atoms with E-state index in [0.29, 0.717) is 41.9 Å². The first-order valence-corrected chi connectivity index (χ1v) is 22.4. The van der Waals surface area contributed by atoms with E-state index in [9.17, 15) is 44.3 Å². The van der Waals surface area contributed by atoms with Gasteiger partial charge in [0.15, 0.2) is 5.82 Å². The molecule has 64 heavy (non-hydrogen) atoms. The largest absolute Gasteiger partial charge is 0.419 e. The number of aryl methyl sites for hydroxylation is 1. The molecule has 3 aliphatic rings. The molecule has 6 heterocycles. The zero-order valence-corrected chi connectivity index (χ0v) is 35.8. The zero-order chi connectivity index (χ0) is 45.6. The van der Waals surface area contributed by atoms with Gasteiger partial charge in [0.1, 0.15) is 12.1 Å². The monoisotopic (exact) mass is 915 g/mol. The molecule has 0 saturated carbocycles. The number of nitrogens with zero attached hydrogens (tertiary/aromatic N) is 9. The van der Waals surface area contributed by atoms with Gasteiger partial charge in [-0.1, -0.05) is 25.1 Å². The van der Waals surface area contributed by atoms with Gasteiger partial charge in [0.05, 0.1) is 22.3 Å². The van der Waals surface area contributed by atoms with Crippen LogP contribution in [0.3, 0.4) is 0 Å². The lowest BCUT2D eigenvalue weighted by atomic mass is 9.88. The van der Waals surface area contributed by atoms with Crippen molar-refractivity contribution in [2.45, 2.75) is 81.2 Å². The fraction of sp³-hybridized carbons (Fsp3) is 0.476. The van der Waals surface area contributed by atoms with Crippen molar-refractivity contribution in [1.29, 1.82) is 0 Å². The summed E-state index contributed by atoms with van der Waals surface area (Å²) >= 11 is 0. The van der Waals surface area contributed by atoms with E-state index in [2.05, 4.69) is 54.8 Å². The van der Waals surface area contributed by atoms with E-state index in [1.54, 1.807) is 22.9 Å². The average molecular weight is 916 g/mol. The predicted molar refractivity (Wildman–Crippen MR) is 224 cm³/mol. The van der Waals surface area contributed by atoms with E-state index in [-0.39, 0.29) is 60.3 Å². The summed E-state index contributed by atoms with van der Waals surface area (Å²) in [5.41, 5.74) is 0.909. The van der Waals surface area contributed by atoms with Crippen molar-refractivity contribution >= 4 is 44.6 Å². The highest BCUT2D eigenvalue weighted by Crippen LogP contribution is 2.37. The second-order valence-electron chi connectivity index (χ2n) is 16.8. The van der Waals surface area contributed by atoms with Gasteiger partial charge in [-0.15, -0.1) is 0 Å². The molecule has 1 atom stereocenters. The van der Waals surface area contributed by atoms with Gasteiger partial charge in [-0.2, -0.15) is 40.8 Å². The number of sulfonamides is 1. The first kappa shape index (κ1) is 45.0. The van der Waals surface area contributed by atoms with Gasteiger partial charge in [0.25, 0.3) is 0 Å². The molecule has 5 aromatic rings. The molecule has 0 bridgehead atoms. The Morgan fingerprint density at radius 3 is 2.39 bits per heavy atom. The van der Waals surface area contributed by atoms with Gasteiger partial charge in [0, 0.05) is 69.0 Å². The third-order valence-electron chi connectivity index (χ3n) is 12.0. The van der Waals surface area contributed by atoms with Crippen LogP contribution in [0.4, 0.5) is 42.9 Å². The number of benzene rings is 2. The smallest absolute Gasteiger partial charge is 0.351 e. The predicted octanol–water partition coefficient (Wildman–Crippen LogP) is 6.58. The Morgan fingerprint density at radius 1 is 0.938 bits per heavy atom. The number of halogens is 6. The zero-order valence-electron chi connectivity index (χ0n) is 35.0. The Hall–Kier alpha value is -5.61. The van der Waals surface area contributed by atoms with E-state index in [0.717, 1.165) is 61.3 Å². The molecule has 342 valence electrons. The fourth-order valence-corrected chi connectivity index (χ4v) is 10.4. The molecule has 22 heteroatoms. The maximum Gasteiger partial charge on any atom is 0.419 e. The van der Waals surface area contributed by atoms with Crippen molar-refractivity contribution in [3.63, 3.8) is 0 Å². The van der Waals surface area contributed by atoms with Crippen molar-refractivity contribution in [3.05, 3.63) is 77.7 Å². The summed E-state index contributed by atoms with van der Waals surface area (Å²) in [5, 5.41) is 14.3. The van der Waals surface area contributed by atoms with Gasteiger partial charge in [-0.3, -0.25) is 24.4 Å². The number of urea groups is 1. The molecule has 1 unspecified atom stereocenters. The van der Waals surface area contributed by atoms with E-state index in [4.69, 9.17) is 0 Å². The summed E-state index contributed by atoms with van der Waals surface area (Å²) in [4.78, 5) is 36.1. The van der Waals surface area contributed by atoms with E-state index in [1.165, 1.54) is 14.8 Å². The average Bonchev–Trinajstić information content (AvgIpc) is 3.83. The molecule has 3 aromatic heterocycles. The van der Waals surface area contributed by atoms with Crippen molar-refractivity contribution < 1.29 is 44.3 Å². The second kappa shape index (κ2) is 17.8. The third-order valence-corrected chi connectivity index (χ3v) is 13.9. The van der Waals surface area contributed by atoms with Gasteiger partial charge < -0.3 is 10.2 Å². The molecule has 2 N–H and O–H groups in total. The minimum Gasteiger partial charge on any atom is -0.351 e. The van der Waals surface area contributed by atoms with E-state index in [1.807, 2.05) is 19.2 Å². The number of aromatic nitrogens is 6. The Balaban J connectivity index is 0.832. The molecule has 3 amide bonds. The van der Waals surface area contributed by atoms with Crippen LogP contribution >= 0.6 is 0 Å². The van der Waals surface area contributed by atoms with Crippen LogP contribution in [-0.2, 0) is 41.0 Å². The number of carbonyl (C=O) groups excluding carboxylic acids is 2.